The van der Waals surface area contributed by atoms with Gasteiger partial charge in [0.2, 0.25) is 0 Å². The lowest BCUT2D eigenvalue weighted by Crippen LogP contribution is -2.41. The van der Waals surface area contributed by atoms with Crippen molar-refractivity contribution >= 4 is 7.12 Å². The average molecular weight is 237 g/mol. The second kappa shape index (κ2) is 5.13. The Balaban J connectivity index is 2.48. The molecular weight excluding hydrogens is 217 g/mol. The van der Waals surface area contributed by atoms with Crippen molar-refractivity contribution in [1.29, 1.82) is 0 Å². The third kappa shape index (κ3) is 3.25. The van der Waals surface area contributed by atoms with E-state index in [4.69, 9.17) is 14.8 Å². The fraction of sp³-hybridized carbons (Fsp3) is 0.818. The number of hydrogen-bond acceptors (Lipinski definition) is 3. The molecule has 0 spiro atoms. The maximum absolute atomic E-state index is 8.17. The maximum atomic E-state index is 8.17. The van der Waals surface area contributed by atoms with Crippen LogP contribution in [-0.2, 0) is 9.31 Å². The molecule has 0 saturated carbocycles. The summed E-state index contributed by atoms with van der Waals surface area (Å²) in [4.78, 5) is 2.71. The summed E-state index contributed by atoms with van der Waals surface area (Å²) in [6.45, 7) is 12.5. The fourth-order valence-electron chi connectivity index (χ4n) is 1.55. The zero-order valence-electron chi connectivity index (χ0n) is 11.1. The van der Waals surface area contributed by atoms with E-state index < -0.39 is 0 Å². The molecule has 1 heterocycles. The molecule has 1 aliphatic rings. The first-order valence-electron chi connectivity index (χ1n) is 5.84. The van der Waals surface area contributed by atoms with Gasteiger partial charge in [0.25, 0.3) is 0 Å². The van der Waals surface area contributed by atoms with Crippen LogP contribution in [0.4, 0.5) is 0 Å². The summed E-state index contributed by atoms with van der Waals surface area (Å²) < 4.78 is 11.7. The smallest absolute Gasteiger partial charge is 0.400 e. The van der Waals surface area contributed by atoms with Gasteiger partial charge < -0.3 is 9.31 Å². The highest BCUT2D eigenvalue weighted by Crippen LogP contribution is 2.38. The monoisotopic (exact) mass is 237 g/mol. The van der Waals surface area contributed by atoms with Crippen molar-refractivity contribution < 1.29 is 9.31 Å². The first-order chi connectivity index (χ1) is 7.80. The summed E-state index contributed by atoms with van der Waals surface area (Å²) in [6, 6.07) is 0. The lowest BCUT2D eigenvalue weighted by Gasteiger charge is -2.32. The Labute approximate surface area is 103 Å². The van der Waals surface area contributed by atoms with E-state index in [9.17, 15) is 0 Å². The maximum Gasteiger partial charge on any atom is 0.489 e. The molecule has 0 amide bonds. The van der Waals surface area contributed by atoms with Crippen molar-refractivity contribution in [3.63, 3.8) is 0 Å². The molecule has 1 saturated heterocycles. The Kier molecular flexibility index (Phi) is 4.25. The van der Waals surface area contributed by atoms with Crippen molar-refractivity contribution in [2.45, 2.75) is 51.7 Å². The number of azide groups is 1. The second-order valence-electron chi connectivity index (χ2n) is 5.30. The van der Waals surface area contributed by atoms with E-state index in [1.54, 1.807) is 0 Å². The van der Waals surface area contributed by atoms with Crippen LogP contribution in [0.2, 0.25) is 0 Å². The molecule has 0 radical (unpaired) electrons. The molecule has 17 heavy (non-hydrogen) atoms. The molecule has 0 aliphatic carbocycles. The van der Waals surface area contributed by atoms with Crippen LogP contribution in [0.3, 0.4) is 0 Å². The Hall–Kier alpha value is -0.965. The van der Waals surface area contributed by atoms with E-state index in [1.807, 2.05) is 27.7 Å². The van der Waals surface area contributed by atoms with Crippen LogP contribution >= 0.6 is 0 Å². The van der Waals surface area contributed by atoms with Crippen molar-refractivity contribution in [3.8, 4) is 0 Å². The minimum absolute atomic E-state index is 0.328. The van der Waals surface area contributed by atoms with Crippen molar-refractivity contribution in [2.24, 2.45) is 5.11 Å². The number of nitrogens with zero attached hydrogens (tertiary/aromatic N) is 3. The van der Waals surface area contributed by atoms with Crippen molar-refractivity contribution in [2.75, 3.05) is 6.54 Å². The minimum Gasteiger partial charge on any atom is -0.400 e. The molecule has 94 valence electrons. The van der Waals surface area contributed by atoms with Gasteiger partial charge >= 0.3 is 7.12 Å². The van der Waals surface area contributed by atoms with Crippen molar-refractivity contribution in [1.82, 2.24) is 0 Å². The predicted octanol–water partition coefficient (Wildman–Crippen LogP) is 3.26. The molecule has 6 heteroatoms. The molecular formula is C11H20BN3O2. The predicted molar refractivity (Wildman–Crippen MR) is 68.5 cm³/mol. The van der Waals surface area contributed by atoms with Gasteiger partial charge in [-0.1, -0.05) is 5.11 Å². The molecule has 1 rings (SSSR count). The van der Waals surface area contributed by atoms with Gasteiger partial charge in [0, 0.05) is 11.5 Å². The molecule has 1 fully saturated rings. The second-order valence-corrected chi connectivity index (χ2v) is 5.30. The summed E-state index contributed by atoms with van der Waals surface area (Å²) in [5, 5.41) is 3.49. The normalized spacial score (nSPS) is 21.1. The van der Waals surface area contributed by atoms with E-state index in [0.29, 0.717) is 6.54 Å². The first kappa shape index (κ1) is 14.1. The van der Waals surface area contributed by atoms with Crippen LogP contribution < -0.4 is 0 Å². The van der Waals surface area contributed by atoms with Gasteiger partial charge in [-0.15, -0.1) is 6.58 Å². The highest BCUT2D eigenvalue weighted by Gasteiger charge is 2.51. The Morgan fingerprint density at radius 1 is 1.29 bits per heavy atom. The molecule has 0 bridgehead atoms. The van der Waals surface area contributed by atoms with E-state index in [-0.39, 0.29) is 18.3 Å². The first-order valence-corrected chi connectivity index (χ1v) is 5.84. The zero-order chi connectivity index (χ0) is 13.1. The quantitative estimate of drug-likeness (QED) is 0.242. The zero-order valence-corrected chi connectivity index (χ0v) is 11.1. The number of allylic oxidation sites excluding steroid dienone is 1. The van der Waals surface area contributed by atoms with Gasteiger partial charge in [0.1, 0.15) is 0 Å². The van der Waals surface area contributed by atoms with Gasteiger partial charge in [-0.2, -0.15) is 0 Å². The van der Waals surface area contributed by atoms with Crippen molar-refractivity contribution in [3.05, 3.63) is 22.5 Å². The Bertz CT molecular complexity index is 333. The fourth-order valence-corrected chi connectivity index (χ4v) is 1.55. The summed E-state index contributed by atoms with van der Waals surface area (Å²) >= 11 is 0. The molecule has 0 atom stereocenters. The van der Waals surface area contributed by atoms with Crippen LogP contribution in [0.25, 0.3) is 10.4 Å². The summed E-state index contributed by atoms with van der Waals surface area (Å²) in [7, 11) is -0.355. The van der Waals surface area contributed by atoms with Gasteiger partial charge in [0.15, 0.2) is 0 Å². The van der Waals surface area contributed by atoms with E-state index in [0.717, 1.165) is 18.3 Å². The van der Waals surface area contributed by atoms with Crippen LogP contribution in [-0.4, -0.2) is 24.9 Å². The SMILES string of the molecule is C=C(CCCN=[N+]=[N-])B1OC(C)(C)C(C)(C)O1. The molecule has 0 N–H and O–H groups in total. The van der Waals surface area contributed by atoms with Gasteiger partial charge in [-0.3, -0.25) is 0 Å². The lowest BCUT2D eigenvalue weighted by molar-refractivity contribution is 0.00578. The number of rotatable bonds is 5. The summed E-state index contributed by atoms with van der Waals surface area (Å²) in [6.07, 6.45) is 1.52. The van der Waals surface area contributed by atoms with Crippen LogP contribution in [0.5, 0.6) is 0 Å². The molecule has 1 aliphatic heterocycles. The third-order valence-electron chi connectivity index (χ3n) is 3.41. The van der Waals surface area contributed by atoms with Crippen LogP contribution in [0.15, 0.2) is 17.2 Å². The lowest BCUT2D eigenvalue weighted by atomic mass is 9.77. The minimum atomic E-state index is -0.355. The van der Waals surface area contributed by atoms with E-state index >= 15 is 0 Å². The number of hydrogen-bond donors (Lipinski definition) is 0. The molecule has 0 unspecified atom stereocenters. The highest BCUT2D eigenvalue weighted by atomic mass is 16.7. The van der Waals surface area contributed by atoms with Crippen LogP contribution in [0.1, 0.15) is 40.5 Å². The molecule has 0 aromatic heterocycles. The molecule has 0 aromatic carbocycles. The molecule has 0 aromatic rings. The summed E-state index contributed by atoms with van der Waals surface area (Å²) in [5.74, 6) is 0. The van der Waals surface area contributed by atoms with Gasteiger partial charge in [-0.05, 0) is 51.5 Å². The highest BCUT2D eigenvalue weighted by molar-refractivity contribution is 6.54. The average Bonchev–Trinajstić information content (AvgIpc) is 2.43. The van der Waals surface area contributed by atoms with Gasteiger partial charge in [0.05, 0.1) is 11.2 Å². The Morgan fingerprint density at radius 2 is 1.82 bits per heavy atom. The molecule has 5 nitrogen and oxygen atoms in total. The van der Waals surface area contributed by atoms with Crippen LogP contribution in [0, 0.1) is 0 Å². The van der Waals surface area contributed by atoms with E-state index in [1.165, 1.54) is 0 Å². The summed E-state index contributed by atoms with van der Waals surface area (Å²) in [5.41, 5.74) is 8.41. The van der Waals surface area contributed by atoms with Gasteiger partial charge in [-0.25, -0.2) is 0 Å². The van der Waals surface area contributed by atoms with E-state index in [2.05, 4.69) is 16.6 Å². The topological polar surface area (TPSA) is 67.2 Å². The largest absolute Gasteiger partial charge is 0.489 e. The Morgan fingerprint density at radius 3 is 2.29 bits per heavy atom. The standard InChI is InChI=1S/C11H20BN3O2/c1-9(7-6-8-14-15-13)12-16-10(2,3)11(4,5)17-12/h1,6-8H2,2-5H3. The third-order valence-corrected chi connectivity index (χ3v) is 3.41.